The predicted octanol–water partition coefficient (Wildman–Crippen LogP) is 2.05. The van der Waals surface area contributed by atoms with E-state index in [-0.39, 0.29) is 0 Å². The third-order valence-electron chi connectivity index (χ3n) is 1.77. The quantitative estimate of drug-likeness (QED) is 0.708. The number of hydrogen-bond acceptors (Lipinski definition) is 3. The van der Waals surface area contributed by atoms with Gasteiger partial charge in [-0.1, -0.05) is 0 Å². The number of hydrogen-bond donors (Lipinski definition) is 1. The van der Waals surface area contributed by atoms with Gasteiger partial charge in [0.05, 0.1) is 5.56 Å². The summed E-state index contributed by atoms with van der Waals surface area (Å²) in [5, 5.41) is 3.02. The van der Waals surface area contributed by atoms with Crippen LogP contribution in [0.3, 0.4) is 0 Å². The van der Waals surface area contributed by atoms with E-state index in [4.69, 9.17) is 16.6 Å². The van der Waals surface area contributed by atoms with Crippen LogP contribution in [0, 0.1) is 11.7 Å². The van der Waals surface area contributed by atoms with E-state index in [2.05, 4.69) is 10.1 Å². The number of furan rings is 1. The van der Waals surface area contributed by atoms with E-state index in [1.165, 1.54) is 0 Å². The number of rotatable bonds is 1. The molecule has 0 unspecified atom stereocenters. The SMILES string of the molecule is Cc1cc(-c2nc(=S)n(C)[nH]2)co1. The number of aryl methyl sites for hydroxylation is 2. The van der Waals surface area contributed by atoms with Gasteiger partial charge in [-0.15, -0.1) is 0 Å². The van der Waals surface area contributed by atoms with E-state index in [9.17, 15) is 0 Å². The van der Waals surface area contributed by atoms with Crippen molar-refractivity contribution in [3.8, 4) is 11.4 Å². The first-order chi connectivity index (χ1) is 6.16. The summed E-state index contributed by atoms with van der Waals surface area (Å²) in [5.74, 6) is 1.60. The highest BCUT2D eigenvalue weighted by atomic mass is 32.1. The molecule has 1 N–H and O–H groups in total. The van der Waals surface area contributed by atoms with Crippen LogP contribution in [-0.2, 0) is 7.05 Å². The summed E-state index contributed by atoms with van der Waals surface area (Å²) in [7, 11) is 1.83. The molecule has 0 radical (unpaired) electrons. The molecule has 2 aromatic heterocycles. The zero-order valence-corrected chi connectivity index (χ0v) is 8.18. The fourth-order valence-corrected chi connectivity index (χ4v) is 1.24. The zero-order valence-electron chi connectivity index (χ0n) is 7.37. The third-order valence-corrected chi connectivity index (χ3v) is 2.14. The van der Waals surface area contributed by atoms with Crippen LogP contribution in [0.1, 0.15) is 5.76 Å². The third kappa shape index (κ3) is 1.42. The summed E-state index contributed by atoms with van der Waals surface area (Å²) in [6.07, 6.45) is 1.66. The normalized spacial score (nSPS) is 10.6. The van der Waals surface area contributed by atoms with Gasteiger partial charge >= 0.3 is 0 Å². The van der Waals surface area contributed by atoms with Crippen molar-refractivity contribution in [1.82, 2.24) is 14.8 Å². The molecule has 0 aliphatic carbocycles. The van der Waals surface area contributed by atoms with E-state index >= 15 is 0 Å². The van der Waals surface area contributed by atoms with Crippen molar-refractivity contribution < 1.29 is 4.42 Å². The van der Waals surface area contributed by atoms with Crippen molar-refractivity contribution in [3.63, 3.8) is 0 Å². The van der Waals surface area contributed by atoms with Crippen molar-refractivity contribution in [2.24, 2.45) is 7.05 Å². The molecule has 0 aromatic carbocycles. The summed E-state index contributed by atoms with van der Waals surface area (Å²) in [6.45, 7) is 1.89. The Morgan fingerprint density at radius 1 is 1.62 bits per heavy atom. The maximum atomic E-state index is 5.16. The average Bonchev–Trinajstić information content (AvgIpc) is 2.61. The van der Waals surface area contributed by atoms with Crippen LogP contribution in [0.2, 0.25) is 0 Å². The Morgan fingerprint density at radius 2 is 2.38 bits per heavy atom. The minimum atomic E-state index is 0.536. The number of aromatic nitrogens is 3. The minimum absolute atomic E-state index is 0.536. The van der Waals surface area contributed by atoms with Gasteiger partial charge in [0.25, 0.3) is 0 Å². The van der Waals surface area contributed by atoms with Crippen LogP contribution in [0.5, 0.6) is 0 Å². The van der Waals surface area contributed by atoms with Gasteiger partial charge in [-0.25, -0.2) is 0 Å². The molecule has 0 fully saturated rings. The molecule has 4 nitrogen and oxygen atoms in total. The van der Waals surface area contributed by atoms with E-state index in [1.807, 2.05) is 20.0 Å². The van der Waals surface area contributed by atoms with E-state index < -0.39 is 0 Å². The van der Waals surface area contributed by atoms with Gasteiger partial charge in [0, 0.05) is 7.05 Å². The van der Waals surface area contributed by atoms with Gasteiger partial charge < -0.3 is 4.42 Å². The van der Waals surface area contributed by atoms with Gasteiger partial charge in [0.2, 0.25) is 4.77 Å². The Kier molecular flexibility index (Phi) is 1.81. The highest BCUT2D eigenvalue weighted by Crippen LogP contribution is 2.17. The molecule has 0 saturated heterocycles. The van der Waals surface area contributed by atoms with Crippen LogP contribution < -0.4 is 0 Å². The van der Waals surface area contributed by atoms with Gasteiger partial charge in [0.15, 0.2) is 5.82 Å². The Hall–Kier alpha value is -1.36. The highest BCUT2D eigenvalue weighted by molar-refractivity contribution is 7.71. The standard InChI is InChI=1S/C8H9N3OS/c1-5-3-6(4-12-5)7-9-8(13)11(2)10-7/h3-4H,1-2H3,(H,9,10,13). The first kappa shape index (κ1) is 8.25. The molecular weight excluding hydrogens is 186 g/mol. The Morgan fingerprint density at radius 3 is 2.85 bits per heavy atom. The number of nitrogens with zero attached hydrogens (tertiary/aromatic N) is 2. The molecule has 0 spiro atoms. The van der Waals surface area contributed by atoms with Crippen LogP contribution >= 0.6 is 12.2 Å². The Labute approximate surface area is 80.2 Å². The predicted molar refractivity (Wildman–Crippen MR) is 50.8 cm³/mol. The van der Waals surface area contributed by atoms with Gasteiger partial charge in [-0.2, -0.15) is 4.98 Å². The molecule has 0 atom stereocenters. The number of H-pyrrole nitrogens is 1. The van der Waals surface area contributed by atoms with Crippen LogP contribution in [0.15, 0.2) is 16.7 Å². The van der Waals surface area contributed by atoms with Crippen molar-refractivity contribution in [1.29, 1.82) is 0 Å². The molecule has 0 amide bonds. The van der Waals surface area contributed by atoms with Crippen LogP contribution in [0.4, 0.5) is 0 Å². The largest absolute Gasteiger partial charge is 0.469 e. The molecule has 5 heteroatoms. The lowest BCUT2D eigenvalue weighted by Gasteiger charge is -1.87. The fourth-order valence-electron chi connectivity index (χ4n) is 1.10. The molecule has 68 valence electrons. The summed E-state index contributed by atoms with van der Waals surface area (Å²) < 4.78 is 7.39. The second kappa shape index (κ2) is 2.85. The number of nitrogens with one attached hydrogen (secondary N) is 1. The fraction of sp³-hybridized carbons (Fsp3) is 0.250. The van der Waals surface area contributed by atoms with Crippen molar-refractivity contribution in [2.45, 2.75) is 6.92 Å². The van der Waals surface area contributed by atoms with Crippen molar-refractivity contribution >= 4 is 12.2 Å². The molecule has 13 heavy (non-hydrogen) atoms. The summed E-state index contributed by atoms with van der Waals surface area (Å²) in [6, 6.07) is 1.91. The van der Waals surface area contributed by atoms with E-state index in [1.54, 1.807) is 10.9 Å². The lowest BCUT2D eigenvalue weighted by Crippen LogP contribution is -1.88. The maximum Gasteiger partial charge on any atom is 0.216 e. The van der Waals surface area contributed by atoms with Crippen LogP contribution in [-0.4, -0.2) is 14.8 Å². The summed E-state index contributed by atoms with van der Waals surface area (Å²) in [4.78, 5) is 4.16. The molecular formula is C8H9N3OS. The Bertz CT molecular complexity index is 480. The first-order valence-electron chi connectivity index (χ1n) is 3.85. The second-order valence-electron chi connectivity index (χ2n) is 2.86. The van der Waals surface area contributed by atoms with E-state index in [0.717, 1.165) is 17.1 Å². The second-order valence-corrected chi connectivity index (χ2v) is 3.22. The van der Waals surface area contributed by atoms with Gasteiger partial charge in [-0.05, 0) is 25.2 Å². The lowest BCUT2D eigenvalue weighted by molar-refractivity contribution is 0.534. The number of aromatic amines is 1. The monoisotopic (exact) mass is 195 g/mol. The van der Waals surface area contributed by atoms with Gasteiger partial charge in [0.1, 0.15) is 12.0 Å². The summed E-state index contributed by atoms with van der Waals surface area (Å²) in [5.41, 5.74) is 0.921. The molecule has 0 aliphatic heterocycles. The Balaban J connectivity index is 2.52. The van der Waals surface area contributed by atoms with Gasteiger partial charge in [-0.3, -0.25) is 9.78 Å². The molecule has 2 rings (SSSR count). The lowest BCUT2D eigenvalue weighted by atomic mass is 10.3. The summed E-state index contributed by atoms with van der Waals surface area (Å²) >= 11 is 4.97. The van der Waals surface area contributed by atoms with Crippen molar-refractivity contribution in [3.05, 3.63) is 22.9 Å². The zero-order chi connectivity index (χ0) is 9.42. The molecule has 2 aromatic rings. The topological polar surface area (TPSA) is 46.8 Å². The molecule has 0 bridgehead atoms. The maximum absolute atomic E-state index is 5.16. The smallest absolute Gasteiger partial charge is 0.216 e. The van der Waals surface area contributed by atoms with E-state index in [0.29, 0.717) is 4.77 Å². The minimum Gasteiger partial charge on any atom is -0.469 e. The highest BCUT2D eigenvalue weighted by Gasteiger charge is 2.05. The average molecular weight is 195 g/mol. The van der Waals surface area contributed by atoms with Crippen molar-refractivity contribution in [2.75, 3.05) is 0 Å². The molecule has 0 saturated carbocycles. The first-order valence-corrected chi connectivity index (χ1v) is 4.26. The molecule has 2 heterocycles. The molecule has 0 aliphatic rings. The van der Waals surface area contributed by atoms with Crippen LogP contribution in [0.25, 0.3) is 11.4 Å².